The normalized spacial score (nSPS) is 10.5. The van der Waals surface area contributed by atoms with Crippen molar-refractivity contribution in [2.24, 2.45) is 0 Å². The van der Waals surface area contributed by atoms with Crippen molar-refractivity contribution < 1.29 is 4.74 Å². The predicted octanol–water partition coefficient (Wildman–Crippen LogP) is 4.69. The lowest BCUT2D eigenvalue weighted by atomic mass is 10.1. The van der Waals surface area contributed by atoms with Gasteiger partial charge in [0.25, 0.3) is 0 Å². The molecule has 4 aromatic rings. The van der Waals surface area contributed by atoms with E-state index in [4.69, 9.17) is 4.74 Å². The Bertz CT molecular complexity index is 994. The first-order valence-corrected chi connectivity index (χ1v) is 8.32. The number of rotatable bonds is 5. The molecule has 0 fully saturated rings. The van der Waals surface area contributed by atoms with Crippen LogP contribution in [0.4, 0.5) is 11.4 Å². The molecule has 0 aliphatic heterocycles. The highest BCUT2D eigenvalue weighted by Crippen LogP contribution is 2.29. The summed E-state index contributed by atoms with van der Waals surface area (Å²) in [6, 6.07) is 25.8. The van der Waals surface area contributed by atoms with E-state index in [1.807, 2.05) is 85.1 Å². The molecule has 1 N–H and O–H groups in total. The summed E-state index contributed by atoms with van der Waals surface area (Å²) in [4.78, 5) is 0. The minimum absolute atomic E-state index is 0.811. The fourth-order valence-electron chi connectivity index (χ4n) is 2.74. The van der Waals surface area contributed by atoms with Gasteiger partial charge in [0.2, 0.25) is 0 Å². The third kappa shape index (κ3) is 3.28. The first-order chi connectivity index (χ1) is 12.8. The van der Waals surface area contributed by atoms with E-state index in [0.29, 0.717) is 0 Å². The predicted molar refractivity (Wildman–Crippen MR) is 103 cm³/mol. The summed E-state index contributed by atoms with van der Waals surface area (Å²) in [5.74, 6) is 0.828. The van der Waals surface area contributed by atoms with Crippen molar-refractivity contribution >= 4 is 11.4 Å². The zero-order valence-corrected chi connectivity index (χ0v) is 14.3. The van der Waals surface area contributed by atoms with Crippen LogP contribution in [-0.2, 0) is 0 Å². The number of hydrogen-bond donors (Lipinski definition) is 1. The van der Waals surface area contributed by atoms with Crippen LogP contribution < -0.4 is 10.1 Å². The van der Waals surface area contributed by atoms with Gasteiger partial charge in [-0.25, -0.2) is 4.68 Å². The second-order valence-corrected chi connectivity index (χ2v) is 5.78. The minimum atomic E-state index is 0.811. The van der Waals surface area contributed by atoms with Gasteiger partial charge >= 0.3 is 0 Å². The van der Waals surface area contributed by atoms with Gasteiger partial charge in [0.1, 0.15) is 11.4 Å². The van der Waals surface area contributed by atoms with Gasteiger partial charge in [-0.15, -0.1) is 5.10 Å². The average molecular weight is 342 g/mol. The highest BCUT2D eigenvalue weighted by molar-refractivity contribution is 5.78. The number of nitrogens with zero attached hydrogens (tertiary/aromatic N) is 3. The maximum Gasteiger partial charge on any atom is 0.119 e. The molecule has 5 heteroatoms. The van der Waals surface area contributed by atoms with Crippen LogP contribution in [0.3, 0.4) is 0 Å². The Balaban J connectivity index is 1.64. The molecule has 0 saturated carbocycles. The first-order valence-electron chi connectivity index (χ1n) is 8.32. The molecule has 0 saturated heterocycles. The number of ether oxygens (including phenoxy) is 1. The summed E-state index contributed by atoms with van der Waals surface area (Å²) in [5, 5.41) is 12.0. The maximum atomic E-state index is 5.21. The molecule has 0 atom stereocenters. The molecule has 0 unspecified atom stereocenters. The third-order valence-corrected chi connectivity index (χ3v) is 4.09. The Morgan fingerprint density at radius 1 is 0.846 bits per heavy atom. The van der Waals surface area contributed by atoms with Crippen LogP contribution in [-0.4, -0.2) is 22.1 Å². The van der Waals surface area contributed by atoms with Gasteiger partial charge in [0.15, 0.2) is 0 Å². The smallest absolute Gasteiger partial charge is 0.119 e. The highest BCUT2D eigenvalue weighted by Gasteiger charge is 2.10. The van der Waals surface area contributed by atoms with E-state index in [9.17, 15) is 0 Å². The molecule has 1 heterocycles. The standard InChI is InChI=1S/C21H18N4O/c1-26-18-13-11-16(12-14-18)22-20-10-6-5-9-19(20)21-15-25(24-23-21)17-7-3-2-4-8-17/h2-15,22H,1H3. The van der Waals surface area contributed by atoms with Crippen LogP contribution in [0.15, 0.2) is 85.1 Å². The van der Waals surface area contributed by atoms with Crippen molar-refractivity contribution in [3.63, 3.8) is 0 Å². The van der Waals surface area contributed by atoms with Gasteiger partial charge < -0.3 is 10.1 Å². The molecule has 0 radical (unpaired) electrons. The molecule has 1 aromatic heterocycles. The molecule has 0 bridgehead atoms. The molecular formula is C21H18N4O. The Morgan fingerprint density at radius 2 is 1.58 bits per heavy atom. The summed E-state index contributed by atoms with van der Waals surface area (Å²) in [5.41, 5.74) is 4.73. The Hall–Kier alpha value is -3.60. The molecular weight excluding hydrogens is 324 g/mol. The lowest BCUT2D eigenvalue weighted by Gasteiger charge is -2.11. The number of benzene rings is 3. The number of nitrogens with one attached hydrogen (secondary N) is 1. The van der Waals surface area contributed by atoms with Gasteiger partial charge in [-0.3, -0.25) is 0 Å². The van der Waals surface area contributed by atoms with Crippen molar-refractivity contribution in [1.29, 1.82) is 0 Å². The zero-order chi connectivity index (χ0) is 17.8. The number of para-hydroxylation sites is 2. The largest absolute Gasteiger partial charge is 0.497 e. The summed E-state index contributed by atoms with van der Waals surface area (Å²) >= 11 is 0. The molecule has 0 aliphatic rings. The van der Waals surface area contributed by atoms with Crippen molar-refractivity contribution in [3.8, 4) is 22.7 Å². The molecule has 0 amide bonds. The summed E-state index contributed by atoms with van der Waals surface area (Å²) < 4.78 is 6.99. The van der Waals surface area contributed by atoms with Crippen LogP contribution in [0.2, 0.25) is 0 Å². The number of methoxy groups -OCH3 is 1. The average Bonchev–Trinajstić information content (AvgIpc) is 3.20. The molecule has 5 nitrogen and oxygen atoms in total. The second kappa shape index (κ2) is 7.11. The van der Waals surface area contributed by atoms with Gasteiger partial charge in [0, 0.05) is 16.9 Å². The van der Waals surface area contributed by atoms with Gasteiger partial charge in [-0.05, 0) is 42.5 Å². The molecule has 4 rings (SSSR count). The second-order valence-electron chi connectivity index (χ2n) is 5.78. The van der Waals surface area contributed by atoms with Crippen LogP contribution in [0, 0.1) is 0 Å². The van der Waals surface area contributed by atoms with E-state index in [1.54, 1.807) is 11.8 Å². The van der Waals surface area contributed by atoms with E-state index in [2.05, 4.69) is 15.6 Å². The van der Waals surface area contributed by atoms with Gasteiger partial charge in [0.05, 0.1) is 19.0 Å². The van der Waals surface area contributed by atoms with Crippen LogP contribution >= 0.6 is 0 Å². The lowest BCUT2D eigenvalue weighted by molar-refractivity contribution is 0.415. The Morgan fingerprint density at radius 3 is 2.35 bits per heavy atom. The van der Waals surface area contributed by atoms with Crippen LogP contribution in [0.1, 0.15) is 0 Å². The van der Waals surface area contributed by atoms with E-state index >= 15 is 0 Å². The zero-order valence-electron chi connectivity index (χ0n) is 14.3. The van der Waals surface area contributed by atoms with Crippen LogP contribution in [0.5, 0.6) is 5.75 Å². The Labute approximate surface area is 151 Å². The van der Waals surface area contributed by atoms with Gasteiger partial charge in [-0.1, -0.05) is 41.6 Å². The SMILES string of the molecule is COc1ccc(Nc2ccccc2-c2cn(-c3ccccc3)nn2)cc1. The number of aromatic nitrogens is 3. The molecule has 26 heavy (non-hydrogen) atoms. The summed E-state index contributed by atoms with van der Waals surface area (Å²) in [7, 11) is 1.66. The molecule has 0 aliphatic carbocycles. The molecule has 128 valence electrons. The lowest BCUT2D eigenvalue weighted by Crippen LogP contribution is -1.94. The highest BCUT2D eigenvalue weighted by atomic mass is 16.5. The van der Waals surface area contributed by atoms with Crippen molar-refractivity contribution in [3.05, 3.63) is 85.1 Å². The van der Waals surface area contributed by atoms with E-state index in [1.165, 1.54) is 0 Å². The summed E-state index contributed by atoms with van der Waals surface area (Å²) in [6.45, 7) is 0. The maximum absolute atomic E-state index is 5.21. The quantitative estimate of drug-likeness (QED) is 0.572. The number of hydrogen-bond acceptors (Lipinski definition) is 4. The van der Waals surface area contributed by atoms with Crippen molar-refractivity contribution in [2.45, 2.75) is 0 Å². The van der Waals surface area contributed by atoms with Gasteiger partial charge in [-0.2, -0.15) is 0 Å². The van der Waals surface area contributed by atoms with E-state index < -0.39 is 0 Å². The fraction of sp³-hybridized carbons (Fsp3) is 0.0476. The first kappa shape index (κ1) is 15.9. The fourth-order valence-corrected chi connectivity index (χ4v) is 2.74. The topological polar surface area (TPSA) is 52.0 Å². The minimum Gasteiger partial charge on any atom is -0.497 e. The molecule has 3 aromatic carbocycles. The Kier molecular flexibility index (Phi) is 4.35. The number of anilines is 2. The third-order valence-electron chi connectivity index (χ3n) is 4.09. The monoisotopic (exact) mass is 342 g/mol. The van der Waals surface area contributed by atoms with E-state index in [-0.39, 0.29) is 0 Å². The summed E-state index contributed by atoms with van der Waals surface area (Å²) in [6.07, 6.45) is 1.93. The van der Waals surface area contributed by atoms with Crippen molar-refractivity contribution in [1.82, 2.24) is 15.0 Å². The van der Waals surface area contributed by atoms with Crippen LogP contribution in [0.25, 0.3) is 16.9 Å². The molecule has 0 spiro atoms. The van der Waals surface area contributed by atoms with Crippen molar-refractivity contribution in [2.75, 3.05) is 12.4 Å². The van der Waals surface area contributed by atoms with E-state index in [0.717, 1.165) is 34.1 Å².